The van der Waals surface area contributed by atoms with E-state index < -0.39 is 5.97 Å². The van der Waals surface area contributed by atoms with Crippen molar-refractivity contribution < 1.29 is 14.3 Å². The number of halogens is 1. The van der Waals surface area contributed by atoms with Gasteiger partial charge in [0.1, 0.15) is 18.0 Å². The van der Waals surface area contributed by atoms with E-state index in [0.29, 0.717) is 17.1 Å². The van der Waals surface area contributed by atoms with Gasteiger partial charge in [-0.05, 0) is 46.6 Å². The molecule has 25 heavy (non-hydrogen) atoms. The van der Waals surface area contributed by atoms with Crippen molar-refractivity contribution in [2.24, 2.45) is 0 Å². The van der Waals surface area contributed by atoms with Gasteiger partial charge in [-0.2, -0.15) is 0 Å². The highest BCUT2D eigenvalue weighted by Gasteiger charge is 2.09. The first-order valence-corrected chi connectivity index (χ1v) is 8.34. The zero-order valence-corrected chi connectivity index (χ0v) is 15.0. The van der Waals surface area contributed by atoms with Crippen LogP contribution in [0.3, 0.4) is 0 Å². The van der Waals surface area contributed by atoms with Gasteiger partial charge in [-0.1, -0.05) is 18.2 Å². The summed E-state index contributed by atoms with van der Waals surface area (Å²) in [6, 6.07) is 12.2. The summed E-state index contributed by atoms with van der Waals surface area (Å²) in [4.78, 5) is 28.2. The van der Waals surface area contributed by atoms with Crippen LogP contribution in [0, 0.1) is 6.92 Å². The van der Waals surface area contributed by atoms with E-state index in [1.165, 1.54) is 10.5 Å². The molecule has 6 nitrogen and oxygen atoms in total. The highest BCUT2D eigenvalue weighted by atomic mass is 79.9. The first-order chi connectivity index (χ1) is 12.0. The van der Waals surface area contributed by atoms with Gasteiger partial charge < -0.3 is 9.47 Å². The quantitative estimate of drug-likeness (QED) is 0.613. The zero-order valence-electron chi connectivity index (χ0n) is 13.4. The van der Waals surface area contributed by atoms with Gasteiger partial charge in [-0.25, -0.2) is 9.78 Å². The number of aromatic nitrogens is 2. The smallest absolute Gasteiger partial charge is 0.344 e. The highest BCUT2D eigenvalue weighted by Crippen LogP contribution is 2.16. The van der Waals surface area contributed by atoms with E-state index in [-0.39, 0.29) is 18.8 Å². The van der Waals surface area contributed by atoms with Crippen LogP contribution >= 0.6 is 15.9 Å². The molecule has 0 spiro atoms. The summed E-state index contributed by atoms with van der Waals surface area (Å²) in [5.74, 6) is 0.105. The normalized spacial score (nSPS) is 10.6. The number of rotatable bonds is 5. The average molecular weight is 403 g/mol. The molecule has 3 rings (SSSR count). The molecule has 2 aromatic heterocycles. The third-order valence-electron chi connectivity index (χ3n) is 3.50. The molecular formula is C18H15BrN2O4. The molecule has 0 atom stereocenters. The van der Waals surface area contributed by atoms with Crippen molar-refractivity contribution in [3.63, 3.8) is 0 Å². The van der Waals surface area contributed by atoms with Gasteiger partial charge in [-0.15, -0.1) is 0 Å². The fourth-order valence-electron chi connectivity index (χ4n) is 2.25. The van der Waals surface area contributed by atoms with Crippen molar-refractivity contribution in [1.82, 2.24) is 9.38 Å². The number of aryl methyl sites for hydroxylation is 1. The predicted molar refractivity (Wildman–Crippen MR) is 95.6 cm³/mol. The fraction of sp³-hybridized carbons (Fsp3) is 0.167. The molecule has 0 amide bonds. The molecule has 3 aromatic rings. The van der Waals surface area contributed by atoms with E-state index in [1.54, 1.807) is 24.4 Å². The number of fused-ring (bicyclic) bond motifs is 1. The SMILES string of the molecule is Cc1ccccc1OCC(=O)OCc1cc(=O)n2cc(Br)ccc2n1. The van der Waals surface area contributed by atoms with Crippen LogP contribution in [-0.4, -0.2) is 22.0 Å². The number of carbonyl (C=O) groups is 1. The topological polar surface area (TPSA) is 69.9 Å². The first kappa shape index (κ1) is 17.2. The van der Waals surface area contributed by atoms with Crippen LogP contribution in [0.25, 0.3) is 5.65 Å². The lowest BCUT2D eigenvalue weighted by Crippen LogP contribution is -2.18. The van der Waals surface area contributed by atoms with Gasteiger partial charge in [0.25, 0.3) is 5.56 Å². The van der Waals surface area contributed by atoms with Crippen LogP contribution in [0.2, 0.25) is 0 Å². The van der Waals surface area contributed by atoms with Crippen molar-refractivity contribution in [2.75, 3.05) is 6.61 Å². The number of carbonyl (C=O) groups excluding carboxylic acids is 1. The van der Waals surface area contributed by atoms with Crippen LogP contribution in [0.15, 0.2) is 57.9 Å². The largest absolute Gasteiger partial charge is 0.482 e. The molecule has 0 aliphatic heterocycles. The molecule has 0 fully saturated rings. The molecule has 0 saturated heterocycles. The second-order valence-corrected chi connectivity index (χ2v) is 6.29. The Labute approximate surface area is 152 Å². The molecule has 0 aliphatic carbocycles. The van der Waals surface area contributed by atoms with Gasteiger partial charge in [-0.3, -0.25) is 9.20 Å². The summed E-state index contributed by atoms with van der Waals surface area (Å²) in [7, 11) is 0. The second kappa shape index (κ2) is 7.48. The minimum atomic E-state index is -0.527. The highest BCUT2D eigenvalue weighted by molar-refractivity contribution is 9.10. The number of esters is 1. The Morgan fingerprint density at radius 3 is 2.84 bits per heavy atom. The Morgan fingerprint density at radius 1 is 1.24 bits per heavy atom. The molecule has 1 aromatic carbocycles. The second-order valence-electron chi connectivity index (χ2n) is 5.38. The van der Waals surface area contributed by atoms with Crippen molar-refractivity contribution in [2.45, 2.75) is 13.5 Å². The maximum atomic E-state index is 12.1. The van der Waals surface area contributed by atoms with Gasteiger partial charge in [0.15, 0.2) is 6.61 Å². The number of nitrogens with zero attached hydrogens (tertiary/aromatic N) is 2. The molecule has 0 unspecified atom stereocenters. The van der Waals surface area contributed by atoms with Crippen molar-refractivity contribution in [1.29, 1.82) is 0 Å². The lowest BCUT2D eigenvalue weighted by atomic mass is 10.2. The molecule has 0 aliphatic rings. The summed E-state index contributed by atoms with van der Waals surface area (Å²) in [5, 5.41) is 0. The van der Waals surface area contributed by atoms with Gasteiger partial charge in [0.05, 0.1) is 5.69 Å². The number of para-hydroxylation sites is 1. The number of ether oxygens (including phenoxy) is 2. The molecule has 0 radical (unpaired) electrons. The summed E-state index contributed by atoms with van der Waals surface area (Å²) in [6.45, 7) is 1.60. The number of hydrogen-bond donors (Lipinski definition) is 0. The fourth-order valence-corrected chi connectivity index (χ4v) is 2.59. The predicted octanol–water partition coefficient (Wildman–Crippen LogP) is 2.89. The van der Waals surface area contributed by atoms with E-state index >= 15 is 0 Å². The molecule has 0 N–H and O–H groups in total. The summed E-state index contributed by atoms with van der Waals surface area (Å²) >= 11 is 3.31. The van der Waals surface area contributed by atoms with E-state index in [0.717, 1.165) is 10.0 Å². The monoisotopic (exact) mass is 402 g/mol. The minimum absolute atomic E-state index is 0.0855. The molecule has 128 valence electrons. The van der Waals surface area contributed by atoms with Crippen LogP contribution in [0.4, 0.5) is 0 Å². The zero-order chi connectivity index (χ0) is 17.8. The molecule has 0 bridgehead atoms. The standard InChI is InChI=1S/C18H15BrN2O4/c1-12-4-2-3-5-15(12)24-11-18(23)25-10-14-8-17(22)21-9-13(19)6-7-16(21)20-14/h2-9H,10-11H2,1H3. The van der Waals surface area contributed by atoms with E-state index in [1.807, 2.05) is 25.1 Å². The van der Waals surface area contributed by atoms with Gasteiger partial charge in [0.2, 0.25) is 0 Å². The summed E-state index contributed by atoms with van der Waals surface area (Å²) in [5.41, 5.74) is 1.56. The number of hydrogen-bond acceptors (Lipinski definition) is 5. The first-order valence-electron chi connectivity index (χ1n) is 7.55. The lowest BCUT2D eigenvalue weighted by Gasteiger charge is -2.09. The Hall–Kier alpha value is -2.67. The molecule has 2 heterocycles. The lowest BCUT2D eigenvalue weighted by molar-refractivity contribution is -0.147. The Balaban J connectivity index is 1.62. The van der Waals surface area contributed by atoms with Crippen LogP contribution in [-0.2, 0) is 16.1 Å². The molecular weight excluding hydrogens is 388 g/mol. The average Bonchev–Trinajstić information content (AvgIpc) is 2.60. The number of pyridine rings is 1. The van der Waals surface area contributed by atoms with E-state index in [9.17, 15) is 9.59 Å². The van der Waals surface area contributed by atoms with Crippen molar-refractivity contribution in [3.05, 3.63) is 74.7 Å². The third-order valence-corrected chi connectivity index (χ3v) is 3.97. The summed E-state index contributed by atoms with van der Waals surface area (Å²) in [6.07, 6.45) is 1.64. The van der Waals surface area contributed by atoms with Gasteiger partial charge in [0, 0.05) is 16.7 Å². The van der Waals surface area contributed by atoms with Crippen molar-refractivity contribution in [3.8, 4) is 5.75 Å². The summed E-state index contributed by atoms with van der Waals surface area (Å²) < 4.78 is 12.7. The van der Waals surface area contributed by atoms with E-state index in [2.05, 4.69) is 20.9 Å². The van der Waals surface area contributed by atoms with E-state index in [4.69, 9.17) is 9.47 Å². The maximum Gasteiger partial charge on any atom is 0.344 e. The van der Waals surface area contributed by atoms with Crippen molar-refractivity contribution >= 4 is 27.5 Å². The Bertz CT molecular complexity index is 984. The maximum absolute atomic E-state index is 12.1. The Morgan fingerprint density at radius 2 is 2.04 bits per heavy atom. The molecule has 7 heteroatoms. The van der Waals surface area contributed by atoms with Crippen LogP contribution in [0.1, 0.15) is 11.3 Å². The van der Waals surface area contributed by atoms with Crippen LogP contribution in [0.5, 0.6) is 5.75 Å². The Kier molecular flexibility index (Phi) is 5.14. The number of benzene rings is 1. The molecule has 0 saturated carbocycles. The van der Waals surface area contributed by atoms with Crippen LogP contribution < -0.4 is 10.3 Å². The van der Waals surface area contributed by atoms with Gasteiger partial charge >= 0.3 is 5.97 Å². The minimum Gasteiger partial charge on any atom is -0.482 e. The third kappa shape index (κ3) is 4.24.